The molecule has 0 spiro atoms. The summed E-state index contributed by atoms with van der Waals surface area (Å²) < 4.78 is 13.5. The number of nitrogens with one attached hydrogen (secondary N) is 2. The molecular formula is C16H19FN6O. The van der Waals surface area contributed by atoms with Crippen LogP contribution in [0.3, 0.4) is 0 Å². The molecule has 1 aromatic heterocycles. The van der Waals surface area contributed by atoms with Crippen molar-refractivity contribution in [1.82, 2.24) is 14.9 Å². The summed E-state index contributed by atoms with van der Waals surface area (Å²) in [6.07, 6.45) is 1.41. The van der Waals surface area contributed by atoms with Crippen LogP contribution >= 0.6 is 0 Å². The normalized spacial score (nSPS) is 15.2. The molecule has 1 aromatic carbocycles. The summed E-state index contributed by atoms with van der Waals surface area (Å²) in [4.78, 5) is 24.7. The number of carbonyl (C=O) groups is 1. The molecule has 126 valence electrons. The molecule has 1 fully saturated rings. The monoisotopic (exact) mass is 330 g/mol. The van der Waals surface area contributed by atoms with Gasteiger partial charge >= 0.3 is 6.03 Å². The van der Waals surface area contributed by atoms with Gasteiger partial charge in [0.05, 0.1) is 5.69 Å². The highest BCUT2D eigenvalue weighted by Gasteiger charge is 2.16. The zero-order valence-electron chi connectivity index (χ0n) is 13.4. The van der Waals surface area contributed by atoms with Crippen LogP contribution in [0.25, 0.3) is 0 Å². The minimum atomic E-state index is -0.553. The summed E-state index contributed by atoms with van der Waals surface area (Å²) in [6, 6.07) is 7.14. The predicted molar refractivity (Wildman–Crippen MR) is 90.8 cm³/mol. The van der Waals surface area contributed by atoms with Crippen molar-refractivity contribution in [3.05, 3.63) is 42.5 Å². The smallest absolute Gasteiger partial charge is 0.324 e. The molecule has 2 N–H and O–H groups in total. The van der Waals surface area contributed by atoms with Gasteiger partial charge < -0.3 is 15.1 Å². The van der Waals surface area contributed by atoms with Gasteiger partial charge in [0.15, 0.2) is 0 Å². The van der Waals surface area contributed by atoms with Crippen LogP contribution in [0, 0.1) is 5.82 Å². The standard InChI is InChI=1S/C16H19FN6O/c1-22-6-8-23(9-7-22)15-10-14(18-11-19-15)21-16(24)20-13-5-3-2-4-12(13)17/h2-5,10-11H,6-9H2,1H3,(H2,18,19,20,21,24). The van der Waals surface area contributed by atoms with E-state index >= 15 is 0 Å². The van der Waals surface area contributed by atoms with Crippen LogP contribution in [0.4, 0.5) is 26.5 Å². The molecule has 1 saturated heterocycles. The van der Waals surface area contributed by atoms with Gasteiger partial charge in [0.1, 0.15) is 23.8 Å². The SMILES string of the molecule is CN1CCN(c2cc(NC(=O)Nc3ccccc3F)ncn2)CC1. The molecule has 7 nitrogen and oxygen atoms in total. The third kappa shape index (κ3) is 3.96. The lowest BCUT2D eigenvalue weighted by Gasteiger charge is -2.33. The van der Waals surface area contributed by atoms with E-state index in [4.69, 9.17) is 0 Å². The van der Waals surface area contributed by atoms with E-state index in [-0.39, 0.29) is 5.69 Å². The topological polar surface area (TPSA) is 73.4 Å². The van der Waals surface area contributed by atoms with Crippen molar-refractivity contribution in [2.75, 3.05) is 48.8 Å². The van der Waals surface area contributed by atoms with Crippen molar-refractivity contribution in [2.24, 2.45) is 0 Å². The Kier molecular flexibility index (Phi) is 4.85. The van der Waals surface area contributed by atoms with E-state index in [9.17, 15) is 9.18 Å². The highest BCUT2D eigenvalue weighted by molar-refractivity contribution is 5.99. The second-order valence-corrected chi connectivity index (χ2v) is 5.61. The predicted octanol–water partition coefficient (Wildman–Crippen LogP) is 2.01. The Hall–Kier alpha value is -2.74. The van der Waals surface area contributed by atoms with Crippen LogP contribution in [0.1, 0.15) is 0 Å². The highest BCUT2D eigenvalue weighted by atomic mass is 19.1. The molecule has 0 aliphatic carbocycles. The van der Waals surface area contributed by atoms with Crippen molar-refractivity contribution in [2.45, 2.75) is 0 Å². The quantitative estimate of drug-likeness (QED) is 0.901. The molecule has 1 aliphatic heterocycles. The number of hydrogen-bond acceptors (Lipinski definition) is 5. The Bertz CT molecular complexity index is 717. The number of rotatable bonds is 3. The van der Waals surface area contributed by atoms with E-state index in [0.29, 0.717) is 5.82 Å². The second-order valence-electron chi connectivity index (χ2n) is 5.61. The number of halogens is 1. The first-order chi connectivity index (χ1) is 11.6. The molecule has 2 aromatic rings. The van der Waals surface area contributed by atoms with E-state index in [1.165, 1.54) is 18.5 Å². The molecule has 1 aliphatic rings. The van der Waals surface area contributed by atoms with Gasteiger partial charge in [-0.05, 0) is 19.2 Å². The van der Waals surface area contributed by atoms with Gasteiger partial charge in [0, 0.05) is 32.2 Å². The molecular weight excluding hydrogens is 311 g/mol. The van der Waals surface area contributed by atoms with Crippen LogP contribution in [-0.4, -0.2) is 54.1 Å². The first kappa shape index (κ1) is 16.1. The summed E-state index contributed by atoms with van der Waals surface area (Å²) >= 11 is 0. The zero-order valence-corrected chi connectivity index (χ0v) is 13.4. The van der Waals surface area contributed by atoms with E-state index < -0.39 is 11.8 Å². The maximum absolute atomic E-state index is 13.5. The molecule has 0 saturated carbocycles. The zero-order chi connectivity index (χ0) is 16.9. The average Bonchev–Trinajstić information content (AvgIpc) is 2.58. The minimum Gasteiger partial charge on any atom is -0.354 e. The number of benzene rings is 1. The van der Waals surface area contributed by atoms with E-state index in [1.54, 1.807) is 18.2 Å². The number of piperazine rings is 1. The van der Waals surface area contributed by atoms with Crippen molar-refractivity contribution in [3.63, 3.8) is 0 Å². The molecule has 3 rings (SSSR count). The summed E-state index contributed by atoms with van der Waals surface area (Å²) in [5.74, 6) is 0.639. The fourth-order valence-electron chi connectivity index (χ4n) is 2.46. The second kappa shape index (κ2) is 7.22. The number of urea groups is 1. The maximum Gasteiger partial charge on any atom is 0.324 e. The van der Waals surface area contributed by atoms with Crippen LogP contribution < -0.4 is 15.5 Å². The summed E-state index contributed by atoms with van der Waals surface area (Å²) in [5.41, 5.74) is 0.114. The van der Waals surface area contributed by atoms with Gasteiger partial charge in [0.2, 0.25) is 0 Å². The Morgan fingerprint density at radius 2 is 1.88 bits per heavy atom. The first-order valence-corrected chi connectivity index (χ1v) is 7.70. The molecule has 24 heavy (non-hydrogen) atoms. The third-order valence-electron chi connectivity index (χ3n) is 3.84. The number of carbonyl (C=O) groups excluding carboxylic acids is 1. The van der Waals surface area contributed by atoms with E-state index in [0.717, 1.165) is 32.0 Å². The number of amides is 2. The number of aromatic nitrogens is 2. The van der Waals surface area contributed by atoms with Gasteiger partial charge in [0.25, 0.3) is 0 Å². The van der Waals surface area contributed by atoms with E-state index in [2.05, 4.69) is 37.4 Å². The first-order valence-electron chi connectivity index (χ1n) is 7.70. The van der Waals surface area contributed by atoms with E-state index in [1.807, 2.05) is 0 Å². The van der Waals surface area contributed by atoms with Crippen molar-refractivity contribution >= 4 is 23.4 Å². The van der Waals surface area contributed by atoms with Crippen LogP contribution in [-0.2, 0) is 0 Å². The van der Waals surface area contributed by atoms with Crippen LogP contribution in [0.2, 0.25) is 0 Å². The minimum absolute atomic E-state index is 0.114. The number of para-hydroxylation sites is 1. The lowest BCUT2D eigenvalue weighted by atomic mass is 10.3. The van der Waals surface area contributed by atoms with Crippen LogP contribution in [0.15, 0.2) is 36.7 Å². The molecule has 0 radical (unpaired) electrons. The Morgan fingerprint density at radius 1 is 1.12 bits per heavy atom. The number of hydrogen-bond donors (Lipinski definition) is 2. The molecule has 8 heteroatoms. The Balaban J connectivity index is 1.64. The molecule has 0 atom stereocenters. The number of anilines is 3. The summed E-state index contributed by atoms with van der Waals surface area (Å²) in [7, 11) is 2.08. The fourth-order valence-corrected chi connectivity index (χ4v) is 2.46. The van der Waals surface area contributed by atoms with Gasteiger partial charge in [-0.1, -0.05) is 12.1 Å². The lowest BCUT2D eigenvalue weighted by Crippen LogP contribution is -2.44. The van der Waals surface area contributed by atoms with Gasteiger partial charge in [-0.25, -0.2) is 19.2 Å². The molecule has 0 unspecified atom stereocenters. The van der Waals surface area contributed by atoms with Gasteiger partial charge in [-0.2, -0.15) is 0 Å². The average molecular weight is 330 g/mol. The van der Waals surface area contributed by atoms with Crippen molar-refractivity contribution < 1.29 is 9.18 Å². The number of likely N-dealkylation sites (N-methyl/N-ethyl adjacent to an activating group) is 1. The van der Waals surface area contributed by atoms with Crippen molar-refractivity contribution in [1.29, 1.82) is 0 Å². The number of nitrogens with zero attached hydrogens (tertiary/aromatic N) is 4. The van der Waals surface area contributed by atoms with Crippen LogP contribution in [0.5, 0.6) is 0 Å². The lowest BCUT2D eigenvalue weighted by molar-refractivity contribution is 0.262. The maximum atomic E-state index is 13.5. The van der Waals surface area contributed by atoms with Gasteiger partial charge in [-0.3, -0.25) is 5.32 Å². The molecule has 0 bridgehead atoms. The third-order valence-corrected chi connectivity index (χ3v) is 3.84. The fraction of sp³-hybridized carbons (Fsp3) is 0.312. The Morgan fingerprint density at radius 3 is 2.62 bits per heavy atom. The molecule has 2 amide bonds. The highest BCUT2D eigenvalue weighted by Crippen LogP contribution is 2.17. The Labute approximate surface area is 139 Å². The summed E-state index contributed by atoms with van der Waals surface area (Å²) in [5, 5.41) is 5.06. The largest absolute Gasteiger partial charge is 0.354 e. The van der Waals surface area contributed by atoms with Crippen molar-refractivity contribution in [3.8, 4) is 0 Å². The summed E-state index contributed by atoms with van der Waals surface area (Å²) in [6.45, 7) is 3.66. The van der Waals surface area contributed by atoms with Gasteiger partial charge in [-0.15, -0.1) is 0 Å². The molecule has 2 heterocycles.